The van der Waals surface area contributed by atoms with Gasteiger partial charge < -0.3 is 14.2 Å². The lowest BCUT2D eigenvalue weighted by atomic mass is 9.98. The van der Waals surface area contributed by atoms with Crippen molar-refractivity contribution in [1.82, 2.24) is 0 Å². The van der Waals surface area contributed by atoms with E-state index in [0.29, 0.717) is 0 Å². The van der Waals surface area contributed by atoms with Gasteiger partial charge in [0.15, 0.2) is 5.79 Å². The lowest BCUT2D eigenvalue weighted by Gasteiger charge is -2.39. The average molecular weight is 345 g/mol. The standard InChI is InChI=1S/C9H15NO9S2/c1-8(2)16-7-6-5(17-20(11)18-6)3-14-9(7,19-8)4-15-21(10,12)13/h5-7H,3-4H2,1-2H3,(H2,10,12,13)/t5-,6-,7+,9+,20-/m1/s1. The zero-order valence-corrected chi connectivity index (χ0v) is 12.8. The molecule has 0 aromatic carbocycles. The molecule has 21 heavy (non-hydrogen) atoms. The molecule has 3 heterocycles. The highest BCUT2D eigenvalue weighted by Gasteiger charge is 2.65. The van der Waals surface area contributed by atoms with Crippen molar-refractivity contribution in [3.63, 3.8) is 0 Å². The van der Waals surface area contributed by atoms with E-state index in [0.717, 1.165) is 0 Å². The van der Waals surface area contributed by atoms with Gasteiger partial charge in [-0.15, -0.1) is 0 Å². The highest BCUT2D eigenvalue weighted by atomic mass is 32.2. The Morgan fingerprint density at radius 3 is 2.76 bits per heavy atom. The fourth-order valence-electron chi connectivity index (χ4n) is 2.56. The lowest BCUT2D eigenvalue weighted by Crippen LogP contribution is -2.60. The summed E-state index contributed by atoms with van der Waals surface area (Å²) in [6.07, 6.45) is -2.21. The first-order chi connectivity index (χ1) is 9.60. The number of ether oxygens (including phenoxy) is 3. The molecule has 0 aliphatic carbocycles. The van der Waals surface area contributed by atoms with Crippen LogP contribution in [0.25, 0.3) is 0 Å². The predicted molar refractivity (Wildman–Crippen MR) is 65.7 cm³/mol. The van der Waals surface area contributed by atoms with E-state index in [2.05, 4.69) is 4.18 Å². The van der Waals surface area contributed by atoms with Gasteiger partial charge in [-0.1, -0.05) is 0 Å². The molecule has 0 bridgehead atoms. The van der Waals surface area contributed by atoms with E-state index in [-0.39, 0.29) is 6.61 Å². The molecule has 3 aliphatic rings. The second kappa shape index (κ2) is 4.91. The van der Waals surface area contributed by atoms with Gasteiger partial charge >= 0.3 is 21.7 Å². The molecule has 122 valence electrons. The summed E-state index contributed by atoms with van der Waals surface area (Å²) >= 11 is -1.92. The molecule has 0 saturated carbocycles. The normalized spacial score (nSPS) is 45.3. The fourth-order valence-corrected chi connectivity index (χ4v) is 3.71. The average Bonchev–Trinajstić information content (AvgIpc) is 2.82. The van der Waals surface area contributed by atoms with E-state index in [1.54, 1.807) is 13.8 Å². The minimum Gasteiger partial charge on any atom is -0.343 e. The Morgan fingerprint density at radius 2 is 2.10 bits per heavy atom. The Bertz CT molecular complexity index is 564. The van der Waals surface area contributed by atoms with Crippen molar-refractivity contribution in [3.05, 3.63) is 0 Å². The lowest BCUT2D eigenvalue weighted by molar-refractivity contribution is -0.290. The second-order valence-corrected chi connectivity index (χ2v) is 7.33. The molecule has 0 unspecified atom stereocenters. The highest BCUT2D eigenvalue weighted by molar-refractivity contribution is 7.84. The van der Waals surface area contributed by atoms with Crippen LogP contribution in [0.1, 0.15) is 13.8 Å². The zero-order chi connectivity index (χ0) is 15.5. The molecule has 3 saturated heterocycles. The highest BCUT2D eigenvalue weighted by Crippen LogP contribution is 2.45. The van der Waals surface area contributed by atoms with Crippen molar-refractivity contribution in [2.75, 3.05) is 13.2 Å². The van der Waals surface area contributed by atoms with Gasteiger partial charge in [0.25, 0.3) is 0 Å². The van der Waals surface area contributed by atoms with E-state index >= 15 is 0 Å². The first-order valence-corrected chi connectivity index (χ1v) is 8.53. The maximum absolute atomic E-state index is 11.3. The van der Waals surface area contributed by atoms with Crippen molar-refractivity contribution in [2.45, 2.75) is 43.7 Å². The van der Waals surface area contributed by atoms with Crippen LogP contribution in [0.4, 0.5) is 0 Å². The minimum absolute atomic E-state index is 0.0136. The Balaban J connectivity index is 1.87. The molecule has 0 radical (unpaired) electrons. The van der Waals surface area contributed by atoms with Crippen LogP contribution in [-0.4, -0.2) is 55.7 Å². The molecule has 12 heteroatoms. The Labute approximate surface area is 123 Å². The summed E-state index contributed by atoms with van der Waals surface area (Å²) in [6, 6.07) is 0. The second-order valence-electron chi connectivity index (χ2n) is 5.32. The number of fused-ring (bicyclic) bond motifs is 3. The summed E-state index contributed by atoms with van der Waals surface area (Å²) in [5.41, 5.74) is 0. The summed E-state index contributed by atoms with van der Waals surface area (Å²) in [7, 11) is -4.19. The zero-order valence-electron chi connectivity index (χ0n) is 11.2. The van der Waals surface area contributed by atoms with Crippen molar-refractivity contribution in [3.8, 4) is 0 Å². The van der Waals surface area contributed by atoms with Gasteiger partial charge in [-0.25, -0.2) is 5.14 Å². The van der Waals surface area contributed by atoms with Gasteiger partial charge in [-0.2, -0.15) is 12.6 Å². The van der Waals surface area contributed by atoms with Gasteiger partial charge in [0, 0.05) is 0 Å². The van der Waals surface area contributed by atoms with Crippen LogP contribution >= 0.6 is 0 Å². The van der Waals surface area contributed by atoms with Crippen LogP contribution in [-0.2, 0) is 48.4 Å². The first kappa shape index (κ1) is 15.7. The molecule has 2 N–H and O–H groups in total. The maximum Gasteiger partial charge on any atom is 0.333 e. The van der Waals surface area contributed by atoms with Crippen LogP contribution < -0.4 is 5.14 Å². The summed E-state index contributed by atoms with van der Waals surface area (Å²) in [4.78, 5) is 0. The molecule has 0 spiro atoms. The van der Waals surface area contributed by atoms with Crippen LogP contribution in [0.5, 0.6) is 0 Å². The Morgan fingerprint density at radius 1 is 1.38 bits per heavy atom. The van der Waals surface area contributed by atoms with Gasteiger partial charge in [0.1, 0.15) is 24.9 Å². The van der Waals surface area contributed by atoms with Gasteiger partial charge in [0.05, 0.1) is 6.61 Å². The van der Waals surface area contributed by atoms with E-state index in [1.807, 2.05) is 0 Å². The third kappa shape index (κ3) is 3.00. The van der Waals surface area contributed by atoms with Crippen LogP contribution in [0.15, 0.2) is 0 Å². The summed E-state index contributed by atoms with van der Waals surface area (Å²) < 4.78 is 65.0. The van der Waals surface area contributed by atoms with Gasteiger partial charge in [-0.3, -0.25) is 12.5 Å². The molecule has 0 aromatic heterocycles. The molecule has 3 aliphatic heterocycles. The minimum atomic E-state index is -4.19. The SMILES string of the molecule is CC1(C)O[C@H]2[C@@H]3O[S@](=O)O[C@@H]3CO[C@@]2(COS(N)(=O)=O)O1. The monoisotopic (exact) mass is 345 g/mol. The van der Waals surface area contributed by atoms with Crippen molar-refractivity contribution < 1.29 is 39.4 Å². The maximum atomic E-state index is 11.3. The molecule has 3 rings (SSSR count). The van der Waals surface area contributed by atoms with E-state index in [1.165, 1.54) is 0 Å². The molecule has 3 fully saturated rings. The molecule has 0 aromatic rings. The molecular weight excluding hydrogens is 330 g/mol. The molecule has 5 atom stereocenters. The van der Waals surface area contributed by atoms with Crippen LogP contribution in [0.2, 0.25) is 0 Å². The fraction of sp³-hybridized carbons (Fsp3) is 1.00. The van der Waals surface area contributed by atoms with Gasteiger partial charge in [0.2, 0.25) is 5.79 Å². The van der Waals surface area contributed by atoms with E-state index < -0.39 is 58.2 Å². The summed E-state index contributed by atoms with van der Waals surface area (Å²) in [5.74, 6) is -2.61. The van der Waals surface area contributed by atoms with Crippen LogP contribution in [0, 0.1) is 0 Å². The predicted octanol–water partition coefficient (Wildman–Crippen LogP) is -1.55. The molecule has 0 amide bonds. The summed E-state index contributed by atoms with van der Waals surface area (Å²) in [5, 5.41) is 4.82. The molecule has 10 nitrogen and oxygen atoms in total. The van der Waals surface area contributed by atoms with Crippen LogP contribution in [0.3, 0.4) is 0 Å². The largest absolute Gasteiger partial charge is 0.343 e. The number of nitrogens with two attached hydrogens (primary N) is 1. The Kier molecular flexibility index (Phi) is 3.67. The Hall–Kier alpha value is -0.180. The third-order valence-electron chi connectivity index (χ3n) is 3.24. The summed E-state index contributed by atoms with van der Waals surface area (Å²) in [6.45, 7) is 2.71. The third-order valence-corrected chi connectivity index (χ3v) is 4.47. The number of hydrogen-bond donors (Lipinski definition) is 1. The quantitative estimate of drug-likeness (QED) is 0.645. The topological polar surface area (TPSA) is 133 Å². The van der Waals surface area contributed by atoms with Crippen molar-refractivity contribution in [2.24, 2.45) is 5.14 Å². The first-order valence-electron chi connectivity index (χ1n) is 6.05. The number of rotatable bonds is 3. The van der Waals surface area contributed by atoms with Crippen molar-refractivity contribution in [1.29, 1.82) is 0 Å². The number of hydrogen-bond acceptors (Lipinski definition) is 9. The molecular formula is C9H15NO9S2. The van der Waals surface area contributed by atoms with Gasteiger partial charge in [-0.05, 0) is 13.8 Å². The smallest absolute Gasteiger partial charge is 0.333 e. The van der Waals surface area contributed by atoms with Crippen molar-refractivity contribution >= 4 is 21.7 Å². The van der Waals surface area contributed by atoms with E-state index in [4.69, 9.17) is 27.7 Å². The van der Waals surface area contributed by atoms with E-state index in [9.17, 15) is 12.6 Å².